The lowest BCUT2D eigenvalue weighted by molar-refractivity contribution is -0.110. The molecule has 0 saturated carbocycles. The molecule has 2 aromatic carbocycles. The summed E-state index contributed by atoms with van der Waals surface area (Å²) in [4.78, 5) is 14.2. The van der Waals surface area contributed by atoms with Crippen LogP contribution in [-0.4, -0.2) is 5.78 Å². The van der Waals surface area contributed by atoms with E-state index in [2.05, 4.69) is 18.2 Å². The average Bonchev–Trinajstić information content (AvgIpc) is 3.09. The van der Waals surface area contributed by atoms with E-state index >= 15 is 0 Å². The van der Waals surface area contributed by atoms with Crippen molar-refractivity contribution in [3.05, 3.63) is 95.4 Å². The summed E-state index contributed by atoms with van der Waals surface area (Å²) in [5.41, 5.74) is 2.23. The van der Waals surface area contributed by atoms with Crippen LogP contribution in [0.2, 0.25) is 0 Å². The Bertz CT molecular complexity index is 827. The van der Waals surface area contributed by atoms with E-state index in [9.17, 15) is 4.79 Å². The minimum atomic E-state index is -0.0106. The number of hydrogen-bond acceptors (Lipinski definition) is 2. The largest absolute Gasteiger partial charge is 0.290 e. The maximum absolute atomic E-state index is 11.9. The molecule has 1 heterocycles. The van der Waals surface area contributed by atoms with Gasteiger partial charge in [0.1, 0.15) is 0 Å². The van der Waals surface area contributed by atoms with Crippen LogP contribution in [0.15, 0.2) is 84.9 Å². The van der Waals surface area contributed by atoms with E-state index in [-0.39, 0.29) is 5.78 Å². The van der Waals surface area contributed by atoms with E-state index in [0.717, 1.165) is 10.4 Å². The number of carbonyl (C=O) groups is 1. The van der Waals surface area contributed by atoms with Gasteiger partial charge in [-0.1, -0.05) is 66.7 Å². The summed E-state index contributed by atoms with van der Waals surface area (Å²) >= 11 is 1.68. The van der Waals surface area contributed by atoms with Crippen LogP contribution in [0.3, 0.4) is 0 Å². The summed E-state index contributed by atoms with van der Waals surface area (Å²) in [7, 11) is 0. The maximum atomic E-state index is 11.9. The second-order valence-corrected chi connectivity index (χ2v) is 6.16. The number of rotatable bonds is 5. The lowest BCUT2D eigenvalue weighted by atomic mass is 10.2. The van der Waals surface area contributed by atoms with E-state index in [1.165, 1.54) is 10.4 Å². The summed E-state index contributed by atoms with van der Waals surface area (Å²) in [6.45, 7) is 0. The van der Waals surface area contributed by atoms with Gasteiger partial charge in [-0.15, -0.1) is 11.3 Å². The summed E-state index contributed by atoms with van der Waals surface area (Å²) in [5, 5.41) is 0. The number of allylic oxidation sites excluding steroid dienone is 2. The average molecular weight is 316 g/mol. The standard InChI is InChI=1S/C21H16OS/c22-19(12-11-17-7-3-1-4-8-17)13-14-20-15-16-21(23-20)18-9-5-2-6-10-18/h1-16H. The van der Waals surface area contributed by atoms with Crippen LogP contribution in [0.25, 0.3) is 22.6 Å². The molecular weight excluding hydrogens is 300 g/mol. The zero-order valence-corrected chi connectivity index (χ0v) is 13.4. The van der Waals surface area contributed by atoms with Gasteiger partial charge in [0.25, 0.3) is 0 Å². The number of benzene rings is 2. The van der Waals surface area contributed by atoms with Crippen LogP contribution in [0.5, 0.6) is 0 Å². The first-order valence-corrected chi connectivity index (χ1v) is 8.23. The second-order valence-electron chi connectivity index (χ2n) is 5.05. The maximum Gasteiger partial charge on any atom is 0.178 e. The van der Waals surface area contributed by atoms with Crippen LogP contribution in [0, 0.1) is 0 Å². The van der Waals surface area contributed by atoms with Gasteiger partial charge >= 0.3 is 0 Å². The van der Waals surface area contributed by atoms with Gasteiger partial charge in [0, 0.05) is 9.75 Å². The Morgan fingerprint density at radius 1 is 0.739 bits per heavy atom. The number of ketones is 1. The quantitative estimate of drug-likeness (QED) is 0.551. The van der Waals surface area contributed by atoms with E-state index in [4.69, 9.17) is 0 Å². The van der Waals surface area contributed by atoms with Crippen LogP contribution in [0.1, 0.15) is 10.4 Å². The monoisotopic (exact) mass is 316 g/mol. The molecule has 0 atom stereocenters. The van der Waals surface area contributed by atoms with Gasteiger partial charge < -0.3 is 0 Å². The molecule has 0 N–H and O–H groups in total. The van der Waals surface area contributed by atoms with Crippen molar-refractivity contribution < 1.29 is 4.79 Å². The highest BCUT2D eigenvalue weighted by atomic mass is 32.1. The summed E-state index contributed by atoms with van der Waals surface area (Å²) in [6.07, 6.45) is 6.91. The molecule has 3 aromatic rings. The molecule has 0 unspecified atom stereocenters. The molecule has 2 heteroatoms. The van der Waals surface area contributed by atoms with Crippen molar-refractivity contribution >= 4 is 29.3 Å². The Morgan fingerprint density at radius 2 is 1.39 bits per heavy atom. The molecule has 0 saturated heterocycles. The van der Waals surface area contributed by atoms with Crippen LogP contribution in [0.4, 0.5) is 0 Å². The molecule has 112 valence electrons. The Balaban J connectivity index is 1.65. The number of thiophene rings is 1. The van der Waals surface area contributed by atoms with Gasteiger partial charge in [-0.25, -0.2) is 0 Å². The van der Waals surface area contributed by atoms with E-state index in [1.54, 1.807) is 23.5 Å². The topological polar surface area (TPSA) is 17.1 Å². The first kappa shape index (κ1) is 15.2. The first-order valence-electron chi connectivity index (χ1n) is 7.42. The van der Waals surface area contributed by atoms with Crippen molar-refractivity contribution in [3.8, 4) is 10.4 Å². The van der Waals surface area contributed by atoms with Gasteiger partial charge in [0.05, 0.1) is 0 Å². The highest BCUT2D eigenvalue weighted by Gasteiger charge is 2.00. The molecule has 0 radical (unpaired) electrons. The smallest absolute Gasteiger partial charge is 0.178 e. The SMILES string of the molecule is O=C(C=Cc1ccccc1)C=Cc1ccc(-c2ccccc2)s1. The molecule has 0 aliphatic rings. The predicted molar refractivity (Wildman–Crippen MR) is 99.3 cm³/mol. The Morgan fingerprint density at radius 3 is 2.13 bits per heavy atom. The van der Waals surface area contributed by atoms with Crippen LogP contribution < -0.4 is 0 Å². The van der Waals surface area contributed by atoms with Crippen LogP contribution >= 0.6 is 11.3 Å². The van der Waals surface area contributed by atoms with E-state index < -0.39 is 0 Å². The molecule has 23 heavy (non-hydrogen) atoms. The van der Waals surface area contributed by atoms with Gasteiger partial charge in [-0.3, -0.25) is 4.79 Å². The molecule has 1 nitrogen and oxygen atoms in total. The fraction of sp³-hybridized carbons (Fsp3) is 0. The zero-order valence-electron chi connectivity index (χ0n) is 12.6. The summed E-state index contributed by atoms with van der Waals surface area (Å²) in [6, 6.07) is 24.2. The third-order valence-electron chi connectivity index (χ3n) is 3.34. The van der Waals surface area contributed by atoms with Gasteiger partial charge in [0.15, 0.2) is 5.78 Å². The van der Waals surface area contributed by atoms with Gasteiger partial charge in [0.2, 0.25) is 0 Å². The molecule has 0 aliphatic carbocycles. The van der Waals surface area contributed by atoms with E-state index in [1.807, 2.05) is 66.7 Å². The second kappa shape index (κ2) is 7.52. The fourth-order valence-electron chi connectivity index (χ4n) is 2.16. The molecule has 0 spiro atoms. The Labute approximate surface area is 140 Å². The molecule has 0 aliphatic heterocycles. The lowest BCUT2D eigenvalue weighted by Gasteiger charge is -1.94. The minimum Gasteiger partial charge on any atom is -0.290 e. The van der Waals surface area contributed by atoms with E-state index in [0.29, 0.717) is 0 Å². The number of hydrogen-bond donors (Lipinski definition) is 0. The normalized spacial score (nSPS) is 11.3. The predicted octanol–water partition coefficient (Wildman–Crippen LogP) is 5.71. The van der Waals surface area contributed by atoms with Crippen molar-refractivity contribution in [2.45, 2.75) is 0 Å². The molecular formula is C21H16OS. The van der Waals surface area contributed by atoms with Crippen LogP contribution in [-0.2, 0) is 4.79 Å². The number of carbonyl (C=O) groups excluding carboxylic acids is 1. The molecule has 0 bridgehead atoms. The molecule has 0 amide bonds. The third-order valence-corrected chi connectivity index (χ3v) is 4.44. The minimum absolute atomic E-state index is 0.0106. The van der Waals surface area contributed by atoms with Crippen molar-refractivity contribution in [3.63, 3.8) is 0 Å². The van der Waals surface area contributed by atoms with Crippen molar-refractivity contribution in [2.24, 2.45) is 0 Å². The lowest BCUT2D eigenvalue weighted by Crippen LogP contribution is -1.83. The molecule has 3 rings (SSSR count). The molecule has 0 fully saturated rings. The zero-order chi connectivity index (χ0) is 15.9. The van der Waals surface area contributed by atoms with Crippen molar-refractivity contribution in [1.82, 2.24) is 0 Å². The summed E-state index contributed by atoms with van der Waals surface area (Å²) in [5.74, 6) is -0.0106. The first-order chi connectivity index (χ1) is 11.3. The Kier molecular flexibility index (Phi) is 4.97. The van der Waals surface area contributed by atoms with Gasteiger partial charge in [-0.05, 0) is 41.5 Å². The molecule has 1 aromatic heterocycles. The third kappa shape index (κ3) is 4.38. The summed E-state index contributed by atoms with van der Waals surface area (Å²) < 4.78 is 0. The highest BCUT2D eigenvalue weighted by Crippen LogP contribution is 2.28. The highest BCUT2D eigenvalue weighted by molar-refractivity contribution is 7.16. The van der Waals surface area contributed by atoms with Crippen molar-refractivity contribution in [2.75, 3.05) is 0 Å². The van der Waals surface area contributed by atoms with Crippen molar-refractivity contribution in [1.29, 1.82) is 0 Å². The fourth-order valence-corrected chi connectivity index (χ4v) is 3.08. The Hall–Kier alpha value is -2.71. The van der Waals surface area contributed by atoms with Gasteiger partial charge in [-0.2, -0.15) is 0 Å².